The molecule has 0 amide bonds. The lowest BCUT2D eigenvalue weighted by atomic mass is 9.98. The number of rotatable bonds is 7. The molecule has 6 N–H and O–H groups in total. The first-order valence-electron chi connectivity index (χ1n) is 8.23. The molecule has 6 nitrogen and oxygen atoms in total. The number of carboxylic acids is 1. The van der Waals surface area contributed by atoms with E-state index in [0.717, 1.165) is 11.1 Å². The summed E-state index contributed by atoms with van der Waals surface area (Å²) in [5.41, 5.74) is 13.8. The van der Waals surface area contributed by atoms with Crippen molar-refractivity contribution in [2.75, 3.05) is 0 Å². The average Bonchev–Trinajstić information content (AvgIpc) is 2.59. The molecule has 2 unspecified atom stereocenters. The van der Waals surface area contributed by atoms with Crippen LogP contribution in [0.1, 0.15) is 29.7 Å². The van der Waals surface area contributed by atoms with Gasteiger partial charge in [-0.25, -0.2) is 4.99 Å². The summed E-state index contributed by atoms with van der Waals surface area (Å²) < 4.78 is 0. The molecule has 0 heterocycles. The number of aliphatic carboxylic acids is 1. The first-order chi connectivity index (χ1) is 12.3. The minimum atomic E-state index is -0.837. The van der Waals surface area contributed by atoms with Gasteiger partial charge in [0.25, 0.3) is 0 Å². The fourth-order valence-corrected chi connectivity index (χ4v) is 2.51. The number of guanidine groups is 1. The molecule has 2 aromatic carbocycles. The van der Waals surface area contributed by atoms with Gasteiger partial charge in [-0.05, 0) is 35.2 Å². The zero-order valence-electron chi connectivity index (χ0n) is 14.5. The van der Waals surface area contributed by atoms with E-state index in [1.807, 2.05) is 30.3 Å². The van der Waals surface area contributed by atoms with E-state index in [1.54, 1.807) is 37.3 Å². The predicted octanol–water partition coefficient (Wildman–Crippen LogP) is 2.60. The smallest absolute Gasteiger partial charge is 0.306 e. The average molecular weight is 353 g/mol. The quantitative estimate of drug-likeness (QED) is 0.450. The van der Waals surface area contributed by atoms with Crippen molar-refractivity contribution in [2.45, 2.75) is 19.4 Å². The maximum atomic E-state index is 11.0. The Kier molecular flexibility index (Phi) is 6.52. The molecule has 0 aromatic heterocycles. The van der Waals surface area contributed by atoms with Gasteiger partial charge in [-0.1, -0.05) is 55.5 Å². The minimum absolute atomic E-state index is 0.0152. The van der Waals surface area contributed by atoms with E-state index in [4.69, 9.17) is 16.6 Å². The molecule has 0 fully saturated rings. The molecule has 2 atom stereocenters. The van der Waals surface area contributed by atoms with Crippen molar-refractivity contribution in [2.24, 2.45) is 22.4 Å². The van der Waals surface area contributed by atoms with Crippen LogP contribution in [0.5, 0.6) is 0 Å². The molecule has 0 bridgehead atoms. The lowest BCUT2D eigenvalue weighted by molar-refractivity contribution is -0.141. The highest BCUT2D eigenvalue weighted by atomic mass is 16.4. The summed E-state index contributed by atoms with van der Waals surface area (Å²) in [6, 6.07) is 14.6. The van der Waals surface area contributed by atoms with E-state index in [1.165, 1.54) is 0 Å². The SMILES string of the molecule is CC(Cc1cccc(C(O)/C=C/c2cccc(N=C(N)N)c2)c1)C(=O)O. The second kappa shape index (κ2) is 8.82. The third-order valence-electron chi connectivity index (χ3n) is 3.86. The van der Waals surface area contributed by atoms with Crippen molar-refractivity contribution in [1.29, 1.82) is 0 Å². The summed E-state index contributed by atoms with van der Waals surface area (Å²) >= 11 is 0. The summed E-state index contributed by atoms with van der Waals surface area (Å²) in [6.07, 6.45) is 3.05. The zero-order chi connectivity index (χ0) is 19.1. The van der Waals surface area contributed by atoms with Crippen molar-refractivity contribution >= 4 is 23.7 Å². The molecule has 0 saturated carbocycles. The molecule has 26 heavy (non-hydrogen) atoms. The number of hydrogen-bond acceptors (Lipinski definition) is 3. The third kappa shape index (κ3) is 5.75. The number of carboxylic acid groups (broad SMARTS) is 1. The maximum Gasteiger partial charge on any atom is 0.306 e. The predicted molar refractivity (Wildman–Crippen MR) is 103 cm³/mol. The highest BCUT2D eigenvalue weighted by molar-refractivity contribution is 5.79. The summed E-state index contributed by atoms with van der Waals surface area (Å²) in [5, 5.41) is 19.4. The van der Waals surface area contributed by atoms with E-state index in [2.05, 4.69) is 4.99 Å². The van der Waals surface area contributed by atoms with Crippen LogP contribution < -0.4 is 11.5 Å². The molecule has 0 spiro atoms. The largest absolute Gasteiger partial charge is 0.481 e. The Labute approximate surface area is 152 Å². The van der Waals surface area contributed by atoms with E-state index in [9.17, 15) is 9.90 Å². The number of benzene rings is 2. The van der Waals surface area contributed by atoms with Gasteiger partial charge in [0, 0.05) is 0 Å². The van der Waals surface area contributed by atoms with E-state index < -0.39 is 18.0 Å². The minimum Gasteiger partial charge on any atom is -0.481 e. The molecule has 2 rings (SSSR count). The summed E-state index contributed by atoms with van der Waals surface area (Å²) in [6.45, 7) is 1.66. The standard InChI is InChI=1S/C20H23N3O3/c1-13(19(25)26)10-15-5-2-6-16(11-15)18(24)9-8-14-4-3-7-17(12-14)23-20(21)22/h2-9,11-13,18,24H,10H2,1H3,(H,25,26)(H4,21,22,23)/b9-8+. The number of nitrogens with two attached hydrogens (primary N) is 2. The highest BCUT2D eigenvalue weighted by Gasteiger charge is 2.12. The molecule has 6 heteroatoms. The normalized spacial score (nSPS) is 13.3. The highest BCUT2D eigenvalue weighted by Crippen LogP contribution is 2.20. The Hall–Kier alpha value is -3.12. The topological polar surface area (TPSA) is 122 Å². The van der Waals surface area contributed by atoms with Crippen LogP contribution in [0.3, 0.4) is 0 Å². The van der Waals surface area contributed by atoms with Crippen LogP contribution in [0.15, 0.2) is 59.6 Å². The number of hydrogen-bond donors (Lipinski definition) is 4. The van der Waals surface area contributed by atoms with Gasteiger partial charge in [-0.2, -0.15) is 0 Å². The van der Waals surface area contributed by atoms with Gasteiger partial charge in [-0.15, -0.1) is 0 Å². The van der Waals surface area contributed by atoms with Crippen molar-refractivity contribution in [3.8, 4) is 0 Å². The summed E-state index contributed by atoms with van der Waals surface area (Å²) in [4.78, 5) is 15.0. The van der Waals surface area contributed by atoms with Crippen LogP contribution >= 0.6 is 0 Å². The third-order valence-corrected chi connectivity index (χ3v) is 3.86. The zero-order valence-corrected chi connectivity index (χ0v) is 14.5. The van der Waals surface area contributed by atoms with E-state index in [0.29, 0.717) is 17.7 Å². The van der Waals surface area contributed by atoms with Crippen LogP contribution in [-0.2, 0) is 11.2 Å². The molecule has 2 aromatic rings. The maximum absolute atomic E-state index is 11.0. The van der Waals surface area contributed by atoms with Crippen molar-refractivity contribution < 1.29 is 15.0 Å². The second-order valence-corrected chi connectivity index (χ2v) is 6.12. The number of carbonyl (C=O) groups is 1. The van der Waals surface area contributed by atoms with Crippen LogP contribution in [0.25, 0.3) is 6.08 Å². The van der Waals surface area contributed by atoms with Crippen LogP contribution in [0, 0.1) is 5.92 Å². The van der Waals surface area contributed by atoms with Crippen LogP contribution in [-0.4, -0.2) is 22.1 Å². The van der Waals surface area contributed by atoms with Gasteiger partial charge in [0.05, 0.1) is 17.7 Å². The molecule has 0 saturated heterocycles. The molecule has 136 valence electrons. The molecular weight excluding hydrogens is 330 g/mol. The summed E-state index contributed by atoms with van der Waals surface area (Å²) in [7, 11) is 0. The molecule has 0 aliphatic carbocycles. The molecule has 0 radical (unpaired) electrons. The van der Waals surface area contributed by atoms with Crippen molar-refractivity contribution in [3.63, 3.8) is 0 Å². The van der Waals surface area contributed by atoms with E-state index >= 15 is 0 Å². The van der Waals surface area contributed by atoms with E-state index in [-0.39, 0.29) is 5.96 Å². The molecule has 0 aliphatic rings. The summed E-state index contributed by atoms with van der Waals surface area (Å²) in [5.74, 6) is -1.33. The monoisotopic (exact) mass is 353 g/mol. The lowest BCUT2D eigenvalue weighted by Gasteiger charge is -2.10. The number of nitrogens with zero attached hydrogens (tertiary/aromatic N) is 1. The van der Waals surface area contributed by atoms with Crippen LogP contribution in [0.4, 0.5) is 5.69 Å². The van der Waals surface area contributed by atoms with Crippen molar-refractivity contribution in [3.05, 3.63) is 71.3 Å². The second-order valence-electron chi connectivity index (χ2n) is 6.12. The number of aliphatic hydroxyl groups is 1. The lowest BCUT2D eigenvalue weighted by Crippen LogP contribution is -2.21. The van der Waals surface area contributed by atoms with Gasteiger partial charge < -0.3 is 21.7 Å². The first kappa shape index (κ1) is 19.2. The Balaban J connectivity index is 2.12. The Morgan fingerprint density at radius 3 is 2.62 bits per heavy atom. The van der Waals surface area contributed by atoms with Gasteiger partial charge in [-0.3, -0.25) is 4.79 Å². The number of aliphatic hydroxyl groups excluding tert-OH is 1. The van der Waals surface area contributed by atoms with Crippen LogP contribution in [0.2, 0.25) is 0 Å². The van der Waals surface area contributed by atoms with Gasteiger partial charge in [0.15, 0.2) is 5.96 Å². The Bertz CT molecular complexity index is 827. The molecule has 0 aliphatic heterocycles. The molecular formula is C20H23N3O3. The van der Waals surface area contributed by atoms with Crippen molar-refractivity contribution in [1.82, 2.24) is 0 Å². The Morgan fingerprint density at radius 1 is 1.19 bits per heavy atom. The Morgan fingerprint density at radius 2 is 1.92 bits per heavy atom. The first-order valence-corrected chi connectivity index (χ1v) is 8.23. The number of aliphatic imine (C=N–C) groups is 1. The fourth-order valence-electron chi connectivity index (χ4n) is 2.51. The van der Waals surface area contributed by atoms with Gasteiger partial charge >= 0.3 is 5.97 Å². The van der Waals surface area contributed by atoms with Gasteiger partial charge in [0.1, 0.15) is 0 Å². The fraction of sp³-hybridized carbons (Fsp3) is 0.200. The van der Waals surface area contributed by atoms with Gasteiger partial charge in [0.2, 0.25) is 0 Å².